The molecule has 2 amide bonds. The van der Waals surface area contributed by atoms with Gasteiger partial charge < -0.3 is 15.5 Å². The van der Waals surface area contributed by atoms with Crippen LogP contribution < -0.4 is 20.9 Å². The van der Waals surface area contributed by atoms with Crippen molar-refractivity contribution in [2.45, 2.75) is 38.1 Å². The average molecular weight is 420 g/mol. The van der Waals surface area contributed by atoms with Crippen LogP contribution in [0.25, 0.3) is 10.6 Å². The number of hydrogen-bond donors (Lipinski definition) is 3. The lowest BCUT2D eigenvalue weighted by atomic mass is 10.1. The first-order valence-corrected chi connectivity index (χ1v) is 11.2. The third kappa shape index (κ3) is 4.77. The van der Waals surface area contributed by atoms with E-state index in [1.54, 1.807) is 0 Å². The number of carbonyl (C=O) groups excluding carboxylic acids is 1. The molecule has 2 fully saturated rings. The number of amides is 2. The van der Waals surface area contributed by atoms with Crippen molar-refractivity contribution in [3.63, 3.8) is 0 Å². The minimum atomic E-state index is -0.205. The van der Waals surface area contributed by atoms with Gasteiger partial charge in [0, 0.05) is 36.6 Å². The summed E-state index contributed by atoms with van der Waals surface area (Å²) in [4.78, 5) is 19.1. The van der Waals surface area contributed by atoms with Crippen LogP contribution in [0.1, 0.15) is 32.1 Å². The molecule has 0 unspecified atom stereocenters. The van der Waals surface area contributed by atoms with Gasteiger partial charge in [-0.3, -0.25) is 5.32 Å². The van der Waals surface area contributed by atoms with Crippen LogP contribution in [0.15, 0.2) is 23.6 Å². The largest absolute Gasteiger partial charge is 0.370 e. The van der Waals surface area contributed by atoms with E-state index in [9.17, 15) is 4.79 Å². The van der Waals surface area contributed by atoms with E-state index in [-0.39, 0.29) is 12.1 Å². The number of halogens is 1. The molecular weight excluding hydrogens is 394 g/mol. The maximum Gasteiger partial charge on any atom is 0.320 e. The number of benzene rings is 1. The van der Waals surface area contributed by atoms with Crippen LogP contribution in [0, 0.1) is 0 Å². The molecule has 150 valence electrons. The standard InChI is InChI=1S/C20H26ClN5OS/c21-16-11-14(6-7-17(16)26-9-2-1-3-10-26)19-24-18(13-28-19)25-20(27)23-15-5-4-8-22-12-15/h6-7,11,13,15,22H,1-5,8-10,12H2,(H2,23,25,27)/t15-/m0/s1. The Bertz CT molecular complexity index is 815. The van der Waals surface area contributed by atoms with Gasteiger partial charge >= 0.3 is 6.03 Å². The highest BCUT2D eigenvalue weighted by Crippen LogP contribution is 2.34. The first-order chi connectivity index (χ1) is 13.7. The molecule has 2 aliphatic heterocycles. The predicted molar refractivity (Wildman–Crippen MR) is 117 cm³/mol. The summed E-state index contributed by atoms with van der Waals surface area (Å²) in [6, 6.07) is 6.09. The molecule has 8 heteroatoms. The molecule has 0 aliphatic carbocycles. The Morgan fingerprint density at radius 1 is 1.25 bits per heavy atom. The second kappa shape index (κ2) is 9.11. The number of anilines is 2. The summed E-state index contributed by atoms with van der Waals surface area (Å²) in [6.07, 6.45) is 5.83. The molecule has 1 aromatic carbocycles. The number of rotatable bonds is 4. The molecule has 4 rings (SSSR count). The zero-order valence-electron chi connectivity index (χ0n) is 15.8. The molecule has 3 N–H and O–H groups in total. The van der Waals surface area contributed by atoms with E-state index in [4.69, 9.17) is 11.6 Å². The summed E-state index contributed by atoms with van der Waals surface area (Å²) < 4.78 is 0. The molecule has 0 bridgehead atoms. The van der Waals surface area contributed by atoms with Gasteiger partial charge in [-0.1, -0.05) is 11.6 Å². The molecule has 0 radical (unpaired) electrons. The van der Waals surface area contributed by atoms with Crippen LogP contribution >= 0.6 is 22.9 Å². The number of urea groups is 1. The van der Waals surface area contributed by atoms with Gasteiger partial charge in [-0.2, -0.15) is 0 Å². The normalized spacial score (nSPS) is 20.0. The minimum Gasteiger partial charge on any atom is -0.370 e. The maximum atomic E-state index is 12.2. The zero-order valence-corrected chi connectivity index (χ0v) is 17.4. The van der Waals surface area contributed by atoms with E-state index >= 15 is 0 Å². The zero-order chi connectivity index (χ0) is 19.3. The van der Waals surface area contributed by atoms with Crippen molar-refractivity contribution in [1.82, 2.24) is 15.6 Å². The molecule has 28 heavy (non-hydrogen) atoms. The highest BCUT2D eigenvalue weighted by molar-refractivity contribution is 7.13. The first-order valence-electron chi connectivity index (χ1n) is 9.98. The molecule has 1 aromatic heterocycles. The van der Waals surface area contributed by atoms with Gasteiger partial charge in [0.2, 0.25) is 0 Å². The predicted octanol–water partition coefficient (Wildman–Crippen LogP) is 4.33. The topological polar surface area (TPSA) is 69.3 Å². The lowest BCUT2D eigenvalue weighted by Gasteiger charge is -2.29. The maximum absolute atomic E-state index is 12.2. The van der Waals surface area contributed by atoms with E-state index in [2.05, 4.69) is 38.0 Å². The highest BCUT2D eigenvalue weighted by atomic mass is 35.5. The van der Waals surface area contributed by atoms with Gasteiger partial charge in [0.25, 0.3) is 0 Å². The van der Waals surface area contributed by atoms with Crippen molar-refractivity contribution in [3.05, 3.63) is 28.6 Å². The minimum absolute atomic E-state index is 0.174. The molecule has 2 saturated heterocycles. The van der Waals surface area contributed by atoms with E-state index < -0.39 is 0 Å². The summed E-state index contributed by atoms with van der Waals surface area (Å²) in [6.45, 7) is 3.97. The fourth-order valence-electron chi connectivity index (χ4n) is 3.81. The third-order valence-corrected chi connectivity index (χ3v) is 6.46. The number of hydrogen-bond acceptors (Lipinski definition) is 5. The van der Waals surface area contributed by atoms with Crippen LogP contribution in [0.5, 0.6) is 0 Å². The fraction of sp³-hybridized carbons (Fsp3) is 0.500. The summed E-state index contributed by atoms with van der Waals surface area (Å²) >= 11 is 8.06. The van der Waals surface area contributed by atoms with Crippen molar-refractivity contribution in [3.8, 4) is 10.6 Å². The van der Waals surface area contributed by atoms with E-state index in [0.29, 0.717) is 5.82 Å². The lowest BCUT2D eigenvalue weighted by Crippen LogP contribution is -2.47. The number of nitrogens with one attached hydrogen (secondary N) is 3. The molecule has 6 nitrogen and oxygen atoms in total. The third-order valence-electron chi connectivity index (χ3n) is 5.27. The molecule has 2 aromatic rings. The van der Waals surface area contributed by atoms with Gasteiger partial charge in [0.15, 0.2) is 0 Å². The Morgan fingerprint density at radius 2 is 2.11 bits per heavy atom. The smallest absolute Gasteiger partial charge is 0.320 e. The number of nitrogens with zero attached hydrogens (tertiary/aromatic N) is 2. The summed E-state index contributed by atoms with van der Waals surface area (Å²) in [5, 5.41) is 12.6. The lowest BCUT2D eigenvalue weighted by molar-refractivity contribution is 0.245. The Balaban J connectivity index is 1.39. The fourth-order valence-corrected chi connectivity index (χ4v) is 4.86. The molecule has 2 aliphatic rings. The van der Waals surface area contributed by atoms with Gasteiger partial charge in [0.05, 0.1) is 10.7 Å². The molecule has 3 heterocycles. The number of aromatic nitrogens is 1. The van der Waals surface area contributed by atoms with Gasteiger partial charge in [-0.05, 0) is 56.8 Å². The van der Waals surface area contributed by atoms with Crippen LogP contribution in [-0.4, -0.2) is 43.2 Å². The van der Waals surface area contributed by atoms with Crippen molar-refractivity contribution < 1.29 is 4.79 Å². The van der Waals surface area contributed by atoms with E-state index in [1.807, 2.05) is 11.4 Å². The molecule has 0 saturated carbocycles. The van der Waals surface area contributed by atoms with Crippen LogP contribution in [0.3, 0.4) is 0 Å². The summed E-state index contributed by atoms with van der Waals surface area (Å²) in [5.41, 5.74) is 2.07. The van der Waals surface area contributed by atoms with E-state index in [0.717, 1.165) is 60.3 Å². The second-order valence-electron chi connectivity index (χ2n) is 7.39. The Morgan fingerprint density at radius 3 is 2.86 bits per heavy atom. The Kier molecular flexibility index (Phi) is 6.34. The van der Waals surface area contributed by atoms with Crippen LogP contribution in [0.2, 0.25) is 5.02 Å². The second-order valence-corrected chi connectivity index (χ2v) is 8.66. The van der Waals surface area contributed by atoms with Gasteiger partial charge in [0.1, 0.15) is 10.8 Å². The average Bonchev–Trinajstić information content (AvgIpc) is 3.17. The van der Waals surface area contributed by atoms with Crippen molar-refractivity contribution >= 4 is 40.5 Å². The Labute approximate surface area is 174 Å². The summed E-state index contributed by atoms with van der Waals surface area (Å²) in [5.74, 6) is 0.567. The van der Waals surface area contributed by atoms with Crippen LogP contribution in [-0.2, 0) is 0 Å². The first kappa shape index (κ1) is 19.5. The van der Waals surface area contributed by atoms with Crippen LogP contribution in [0.4, 0.5) is 16.3 Å². The molecule has 0 spiro atoms. The van der Waals surface area contributed by atoms with Crippen molar-refractivity contribution in [2.24, 2.45) is 0 Å². The number of piperidine rings is 2. The molecular formula is C20H26ClN5OS. The number of thiazole rings is 1. The van der Waals surface area contributed by atoms with E-state index in [1.165, 1.54) is 30.6 Å². The Hall–Kier alpha value is -1.83. The highest BCUT2D eigenvalue weighted by Gasteiger charge is 2.17. The molecule has 1 atom stereocenters. The monoisotopic (exact) mass is 419 g/mol. The van der Waals surface area contributed by atoms with Crippen molar-refractivity contribution in [2.75, 3.05) is 36.4 Å². The van der Waals surface area contributed by atoms with Crippen molar-refractivity contribution in [1.29, 1.82) is 0 Å². The summed E-state index contributed by atoms with van der Waals surface area (Å²) in [7, 11) is 0. The number of carbonyl (C=O) groups is 1. The van der Waals surface area contributed by atoms with Gasteiger partial charge in [-0.25, -0.2) is 9.78 Å². The quantitative estimate of drug-likeness (QED) is 0.690. The SMILES string of the molecule is O=C(Nc1csc(-c2ccc(N3CCCCC3)c(Cl)c2)n1)N[C@H]1CCCNC1. The van der Waals surface area contributed by atoms with Gasteiger partial charge in [-0.15, -0.1) is 11.3 Å².